The van der Waals surface area contributed by atoms with Gasteiger partial charge in [-0.15, -0.1) is 11.3 Å². The zero-order valence-corrected chi connectivity index (χ0v) is 24.0. The highest BCUT2D eigenvalue weighted by Gasteiger charge is 2.20. The number of para-hydroxylation sites is 1. The van der Waals surface area contributed by atoms with Gasteiger partial charge in [-0.05, 0) is 65.7 Å². The summed E-state index contributed by atoms with van der Waals surface area (Å²) in [5.74, 6) is 0.779. The largest absolute Gasteiger partial charge is 0.497 e. The van der Waals surface area contributed by atoms with Crippen LogP contribution in [0.1, 0.15) is 21.5 Å². The number of thiazole rings is 1. The second-order valence-corrected chi connectivity index (χ2v) is 10.4. The van der Waals surface area contributed by atoms with E-state index in [4.69, 9.17) is 26.1 Å². The Labute approximate surface area is 247 Å². The van der Waals surface area contributed by atoms with Crippen molar-refractivity contribution in [1.29, 1.82) is 0 Å². The first-order chi connectivity index (χ1) is 19.9. The molecular formula is C32H27ClFN3O3S. The molecule has 0 atom stereocenters. The summed E-state index contributed by atoms with van der Waals surface area (Å²) in [4.78, 5) is 19.4. The second kappa shape index (κ2) is 12.8. The summed E-state index contributed by atoms with van der Waals surface area (Å²) < 4.78 is 26.0. The molecule has 41 heavy (non-hydrogen) atoms. The molecule has 0 spiro atoms. The van der Waals surface area contributed by atoms with Crippen molar-refractivity contribution in [2.24, 2.45) is 0 Å². The summed E-state index contributed by atoms with van der Waals surface area (Å²) in [5.41, 5.74) is 4.18. The van der Waals surface area contributed by atoms with E-state index in [1.807, 2.05) is 58.8 Å². The number of amides is 1. The third-order valence-corrected chi connectivity index (χ3v) is 7.55. The Hall–Kier alpha value is -4.40. The van der Waals surface area contributed by atoms with Crippen LogP contribution >= 0.6 is 22.9 Å². The normalized spacial score (nSPS) is 10.7. The number of halogens is 2. The molecule has 0 aliphatic carbocycles. The number of carbonyl (C=O) groups excluding carboxylic acids is 1. The van der Waals surface area contributed by atoms with Crippen LogP contribution < -0.4 is 19.7 Å². The molecule has 0 radical (unpaired) electrons. The molecule has 1 heterocycles. The van der Waals surface area contributed by atoms with Crippen molar-refractivity contribution in [3.63, 3.8) is 0 Å². The van der Waals surface area contributed by atoms with Gasteiger partial charge in [0.15, 0.2) is 5.13 Å². The molecule has 0 unspecified atom stereocenters. The summed E-state index contributed by atoms with van der Waals surface area (Å²) in [6.07, 6.45) is 0. The summed E-state index contributed by atoms with van der Waals surface area (Å²) >= 11 is 7.44. The van der Waals surface area contributed by atoms with Gasteiger partial charge in [-0.25, -0.2) is 9.37 Å². The minimum Gasteiger partial charge on any atom is -0.497 e. The van der Waals surface area contributed by atoms with Crippen LogP contribution in [0.15, 0.2) is 96.4 Å². The summed E-state index contributed by atoms with van der Waals surface area (Å²) in [5, 5.41) is 6.05. The second-order valence-electron chi connectivity index (χ2n) is 9.13. The Balaban J connectivity index is 1.38. The van der Waals surface area contributed by atoms with Crippen molar-refractivity contribution in [1.82, 2.24) is 10.3 Å². The maximum atomic E-state index is 15.0. The van der Waals surface area contributed by atoms with Gasteiger partial charge in [0.25, 0.3) is 5.91 Å². The molecule has 1 N–H and O–H groups in total. The summed E-state index contributed by atoms with van der Waals surface area (Å²) in [7, 11) is 3.21. The van der Waals surface area contributed by atoms with Gasteiger partial charge in [-0.1, -0.05) is 48.0 Å². The fourth-order valence-electron chi connectivity index (χ4n) is 4.33. The average molecular weight is 588 g/mol. The van der Waals surface area contributed by atoms with Gasteiger partial charge in [0, 0.05) is 28.1 Å². The number of nitrogens with one attached hydrogen (secondary N) is 1. The molecular weight excluding hydrogens is 561 g/mol. The first-order valence-electron chi connectivity index (χ1n) is 12.8. The van der Waals surface area contributed by atoms with Gasteiger partial charge in [0.05, 0.1) is 32.1 Å². The topological polar surface area (TPSA) is 63.7 Å². The quantitative estimate of drug-likeness (QED) is 0.180. The lowest BCUT2D eigenvalue weighted by Gasteiger charge is -2.23. The molecule has 0 aliphatic rings. The minimum absolute atomic E-state index is 0.195. The number of hydrogen-bond donors (Lipinski definition) is 1. The number of methoxy groups -OCH3 is 2. The van der Waals surface area contributed by atoms with Gasteiger partial charge >= 0.3 is 0 Å². The van der Waals surface area contributed by atoms with E-state index in [0.29, 0.717) is 51.7 Å². The smallest absolute Gasteiger partial charge is 0.251 e. The number of anilines is 2. The van der Waals surface area contributed by atoms with Gasteiger partial charge in [0.2, 0.25) is 0 Å². The fourth-order valence-corrected chi connectivity index (χ4v) is 5.38. The van der Waals surface area contributed by atoms with Crippen molar-refractivity contribution in [2.75, 3.05) is 19.1 Å². The van der Waals surface area contributed by atoms with Gasteiger partial charge in [0.1, 0.15) is 17.3 Å². The van der Waals surface area contributed by atoms with Crippen molar-refractivity contribution < 1.29 is 18.7 Å². The third kappa shape index (κ3) is 6.67. The predicted octanol–water partition coefficient (Wildman–Crippen LogP) is 7.89. The molecule has 1 aromatic heterocycles. The molecule has 1 amide bonds. The molecule has 9 heteroatoms. The van der Waals surface area contributed by atoms with Crippen LogP contribution in [-0.2, 0) is 13.1 Å². The molecule has 5 aromatic rings. The summed E-state index contributed by atoms with van der Waals surface area (Å²) in [6, 6.07) is 26.7. The van der Waals surface area contributed by atoms with Crippen LogP contribution in [0.4, 0.5) is 15.2 Å². The lowest BCUT2D eigenvalue weighted by Crippen LogP contribution is -2.23. The van der Waals surface area contributed by atoms with Crippen LogP contribution in [-0.4, -0.2) is 25.1 Å². The Morgan fingerprint density at radius 3 is 2.49 bits per heavy atom. The van der Waals surface area contributed by atoms with E-state index in [2.05, 4.69) is 5.32 Å². The van der Waals surface area contributed by atoms with Crippen LogP contribution in [0.2, 0.25) is 5.02 Å². The Morgan fingerprint density at radius 1 is 0.951 bits per heavy atom. The Morgan fingerprint density at radius 2 is 1.76 bits per heavy atom. The molecule has 0 saturated carbocycles. The molecule has 208 valence electrons. The maximum absolute atomic E-state index is 15.0. The monoisotopic (exact) mass is 587 g/mol. The molecule has 6 nitrogen and oxygen atoms in total. The number of ether oxygens (including phenoxy) is 2. The van der Waals surface area contributed by atoms with Crippen LogP contribution in [0.3, 0.4) is 0 Å². The number of benzene rings is 4. The number of rotatable bonds is 10. The van der Waals surface area contributed by atoms with Crippen LogP contribution in [0, 0.1) is 5.82 Å². The zero-order chi connectivity index (χ0) is 28.8. The van der Waals surface area contributed by atoms with E-state index < -0.39 is 0 Å². The number of nitrogens with zero attached hydrogens (tertiary/aromatic N) is 2. The molecule has 0 aliphatic heterocycles. The molecule has 0 fully saturated rings. The first-order valence-corrected chi connectivity index (χ1v) is 14.0. The maximum Gasteiger partial charge on any atom is 0.251 e. The standard InChI is InChI=1S/C32H27ClFN3O3S/c1-39-25-14-15-30(40-2)26(17-25)28-20-41-32(36-28)37(29-9-4-3-8-27(29)34)19-21-10-12-23(13-11-21)31(38)35-18-22-6-5-7-24(33)16-22/h3-17,20H,18-19H2,1-2H3,(H,35,38). The third-order valence-electron chi connectivity index (χ3n) is 6.45. The van der Waals surface area contributed by atoms with E-state index >= 15 is 4.39 Å². The highest BCUT2D eigenvalue weighted by atomic mass is 35.5. The van der Waals surface area contributed by atoms with Crippen molar-refractivity contribution >= 4 is 39.7 Å². The van der Waals surface area contributed by atoms with Gasteiger partial charge < -0.3 is 19.7 Å². The Bertz CT molecular complexity index is 1660. The SMILES string of the molecule is COc1ccc(OC)c(-c2csc(N(Cc3ccc(C(=O)NCc4cccc(Cl)c4)cc3)c3ccccc3F)n2)c1. The number of hydrogen-bond acceptors (Lipinski definition) is 6. The van der Waals surface area contributed by atoms with E-state index in [-0.39, 0.29) is 11.7 Å². The predicted molar refractivity (Wildman–Crippen MR) is 162 cm³/mol. The van der Waals surface area contributed by atoms with Crippen molar-refractivity contribution in [3.8, 4) is 22.8 Å². The average Bonchev–Trinajstić information content (AvgIpc) is 3.49. The van der Waals surface area contributed by atoms with Gasteiger partial charge in [-0.2, -0.15) is 0 Å². The molecule has 0 bridgehead atoms. The van der Waals surface area contributed by atoms with Crippen molar-refractivity contribution in [2.45, 2.75) is 13.1 Å². The number of aromatic nitrogens is 1. The van der Waals surface area contributed by atoms with E-state index in [1.165, 1.54) is 17.4 Å². The lowest BCUT2D eigenvalue weighted by molar-refractivity contribution is 0.0951. The number of carbonyl (C=O) groups is 1. The highest BCUT2D eigenvalue weighted by Crippen LogP contribution is 2.38. The minimum atomic E-state index is -0.361. The lowest BCUT2D eigenvalue weighted by atomic mass is 10.1. The van der Waals surface area contributed by atoms with E-state index in [0.717, 1.165) is 16.7 Å². The zero-order valence-electron chi connectivity index (χ0n) is 22.4. The first kappa shape index (κ1) is 28.1. The van der Waals surface area contributed by atoms with E-state index in [1.54, 1.807) is 50.6 Å². The Kier molecular flexibility index (Phi) is 8.82. The van der Waals surface area contributed by atoms with Crippen molar-refractivity contribution in [3.05, 3.63) is 124 Å². The summed E-state index contributed by atoms with van der Waals surface area (Å²) in [6.45, 7) is 0.709. The van der Waals surface area contributed by atoms with E-state index in [9.17, 15) is 4.79 Å². The molecule has 4 aromatic carbocycles. The fraction of sp³-hybridized carbons (Fsp3) is 0.125. The van der Waals surface area contributed by atoms with Gasteiger partial charge in [-0.3, -0.25) is 4.79 Å². The molecule has 0 saturated heterocycles. The van der Waals surface area contributed by atoms with Crippen LogP contribution in [0.5, 0.6) is 11.5 Å². The van der Waals surface area contributed by atoms with Crippen LogP contribution in [0.25, 0.3) is 11.3 Å². The highest BCUT2D eigenvalue weighted by molar-refractivity contribution is 7.14. The molecule has 5 rings (SSSR count).